The molecule has 0 saturated heterocycles. The second kappa shape index (κ2) is 4.05. The third kappa shape index (κ3) is 1.56. The number of fused-ring (bicyclic) bond motifs is 1. The van der Waals surface area contributed by atoms with Crippen molar-refractivity contribution in [2.75, 3.05) is 12.3 Å². The highest BCUT2D eigenvalue weighted by atomic mass is 16.5. The van der Waals surface area contributed by atoms with E-state index in [2.05, 4.69) is 18.0 Å². The summed E-state index contributed by atoms with van der Waals surface area (Å²) in [6.07, 6.45) is 1.85. The van der Waals surface area contributed by atoms with Crippen LogP contribution in [0.5, 0.6) is 5.75 Å². The lowest BCUT2D eigenvalue weighted by Crippen LogP contribution is -2.00. The third-order valence-electron chi connectivity index (χ3n) is 3.51. The number of ether oxygens (including phenoxy) is 1. The van der Waals surface area contributed by atoms with E-state index in [1.807, 2.05) is 23.7 Å². The molecule has 1 aromatic heterocycles. The maximum Gasteiger partial charge on any atom is 0.131 e. The van der Waals surface area contributed by atoms with Crippen LogP contribution < -0.4 is 10.5 Å². The Morgan fingerprint density at radius 1 is 1.44 bits per heavy atom. The summed E-state index contributed by atoms with van der Waals surface area (Å²) in [4.78, 5) is 4.62. The van der Waals surface area contributed by atoms with Crippen molar-refractivity contribution in [3.05, 3.63) is 29.6 Å². The molecule has 0 amide bonds. The third-order valence-corrected chi connectivity index (χ3v) is 3.51. The van der Waals surface area contributed by atoms with Gasteiger partial charge < -0.3 is 15.0 Å². The minimum absolute atomic E-state index is 0.728. The lowest BCUT2D eigenvalue weighted by Gasteiger charge is -2.03. The highest BCUT2D eigenvalue weighted by Gasteiger charge is 2.17. The van der Waals surface area contributed by atoms with Gasteiger partial charge in [0.15, 0.2) is 0 Å². The minimum Gasteiger partial charge on any atom is -0.493 e. The molecule has 0 unspecified atom stereocenters. The molecule has 94 valence electrons. The first-order chi connectivity index (χ1) is 8.70. The minimum atomic E-state index is 0.728. The zero-order chi connectivity index (χ0) is 12.7. The quantitative estimate of drug-likeness (QED) is 0.879. The monoisotopic (exact) mass is 243 g/mol. The van der Waals surface area contributed by atoms with Crippen LogP contribution in [0, 0.1) is 0 Å². The van der Waals surface area contributed by atoms with Crippen LogP contribution in [0.15, 0.2) is 18.2 Å². The maximum atomic E-state index is 6.13. The molecule has 4 heteroatoms. The molecule has 3 rings (SSSR count). The molecule has 2 heterocycles. The van der Waals surface area contributed by atoms with E-state index in [1.165, 1.54) is 5.56 Å². The number of hydrogen-bond acceptors (Lipinski definition) is 3. The molecule has 4 nitrogen and oxygen atoms in total. The molecule has 0 atom stereocenters. The summed E-state index contributed by atoms with van der Waals surface area (Å²) in [5.41, 5.74) is 9.33. The molecule has 0 spiro atoms. The fourth-order valence-corrected chi connectivity index (χ4v) is 2.42. The predicted molar refractivity (Wildman–Crippen MR) is 71.6 cm³/mol. The number of aryl methyl sites for hydroxylation is 1. The van der Waals surface area contributed by atoms with Gasteiger partial charge in [-0.2, -0.15) is 0 Å². The van der Waals surface area contributed by atoms with Crippen molar-refractivity contribution in [3.8, 4) is 17.0 Å². The first-order valence-corrected chi connectivity index (χ1v) is 6.28. The Balaban J connectivity index is 2.10. The molecule has 0 radical (unpaired) electrons. The largest absolute Gasteiger partial charge is 0.493 e. The maximum absolute atomic E-state index is 6.13. The number of anilines is 1. The number of nitrogens with two attached hydrogens (primary N) is 1. The van der Waals surface area contributed by atoms with Gasteiger partial charge >= 0.3 is 0 Å². The van der Waals surface area contributed by atoms with Gasteiger partial charge in [0.05, 0.1) is 6.61 Å². The number of hydrogen-bond donors (Lipinski definition) is 1. The van der Waals surface area contributed by atoms with E-state index in [1.54, 1.807) is 0 Å². The Morgan fingerprint density at radius 3 is 3.00 bits per heavy atom. The van der Waals surface area contributed by atoms with Crippen molar-refractivity contribution in [3.63, 3.8) is 0 Å². The number of nitrogens with zero attached hydrogens (tertiary/aromatic N) is 2. The fourth-order valence-electron chi connectivity index (χ4n) is 2.42. The van der Waals surface area contributed by atoms with Crippen LogP contribution in [0.25, 0.3) is 11.3 Å². The number of benzene rings is 1. The number of rotatable bonds is 2. The molecule has 0 saturated carbocycles. The SMILES string of the molecule is CCc1nc(-c2ccc3c(c2)CCO3)c(N)n1C. The van der Waals surface area contributed by atoms with Crippen LogP contribution in [0.4, 0.5) is 5.82 Å². The van der Waals surface area contributed by atoms with E-state index in [9.17, 15) is 0 Å². The standard InChI is InChI=1S/C14H17N3O/c1-3-12-16-13(14(15)17(12)2)10-4-5-11-9(8-10)6-7-18-11/h4-5,8H,3,6-7,15H2,1-2H3. The first kappa shape index (κ1) is 11.1. The van der Waals surface area contributed by atoms with Crippen LogP contribution >= 0.6 is 0 Å². The van der Waals surface area contributed by atoms with Crippen molar-refractivity contribution in [1.29, 1.82) is 0 Å². The Morgan fingerprint density at radius 2 is 2.28 bits per heavy atom. The van der Waals surface area contributed by atoms with Gasteiger partial charge in [-0.05, 0) is 23.8 Å². The molecule has 0 fully saturated rings. The summed E-state index contributed by atoms with van der Waals surface area (Å²) >= 11 is 0. The van der Waals surface area contributed by atoms with Crippen molar-refractivity contribution in [1.82, 2.24) is 9.55 Å². The normalized spacial score (nSPS) is 13.4. The summed E-state index contributed by atoms with van der Waals surface area (Å²) in [5, 5.41) is 0. The number of aromatic nitrogens is 2. The molecule has 18 heavy (non-hydrogen) atoms. The van der Waals surface area contributed by atoms with E-state index >= 15 is 0 Å². The van der Waals surface area contributed by atoms with Gasteiger partial charge in [0.25, 0.3) is 0 Å². The lowest BCUT2D eigenvalue weighted by atomic mass is 10.1. The molecule has 0 aliphatic carbocycles. The highest BCUT2D eigenvalue weighted by Crippen LogP contribution is 2.32. The summed E-state index contributed by atoms with van der Waals surface area (Å²) in [6, 6.07) is 6.18. The van der Waals surface area contributed by atoms with Crippen LogP contribution in [-0.4, -0.2) is 16.2 Å². The van der Waals surface area contributed by atoms with Gasteiger partial charge in [-0.3, -0.25) is 0 Å². The fraction of sp³-hybridized carbons (Fsp3) is 0.357. The summed E-state index contributed by atoms with van der Waals surface area (Å²) < 4.78 is 7.47. The van der Waals surface area contributed by atoms with Crippen LogP contribution in [-0.2, 0) is 19.9 Å². The van der Waals surface area contributed by atoms with E-state index in [0.29, 0.717) is 0 Å². The Hall–Kier alpha value is -1.97. The zero-order valence-corrected chi connectivity index (χ0v) is 10.7. The summed E-state index contributed by atoms with van der Waals surface area (Å²) in [6.45, 7) is 2.86. The van der Waals surface area contributed by atoms with Crippen LogP contribution in [0.2, 0.25) is 0 Å². The number of nitrogen functional groups attached to an aromatic ring is 1. The lowest BCUT2D eigenvalue weighted by molar-refractivity contribution is 0.357. The predicted octanol–water partition coefficient (Wildman–Crippen LogP) is 2.17. The Kier molecular flexibility index (Phi) is 2.51. The van der Waals surface area contributed by atoms with Gasteiger partial charge in [0, 0.05) is 25.5 Å². The smallest absolute Gasteiger partial charge is 0.131 e. The molecule has 2 N–H and O–H groups in total. The molecule has 2 aromatic rings. The molecule has 1 aliphatic heterocycles. The van der Waals surface area contributed by atoms with Gasteiger partial charge in [-0.15, -0.1) is 0 Å². The second-order valence-electron chi connectivity index (χ2n) is 4.60. The average Bonchev–Trinajstić information content (AvgIpc) is 2.95. The van der Waals surface area contributed by atoms with Gasteiger partial charge in [0.1, 0.15) is 23.1 Å². The van der Waals surface area contributed by atoms with Crippen molar-refractivity contribution < 1.29 is 4.74 Å². The van der Waals surface area contributed by atoms with Crippen LogP contribution in [0.1, 0.15) is 18.3 Å². The van der Waals surface area contributed by atoms with Crippen molar-refractivity contribution in [2.45, 2.75) is 19.8 Å². The molecular formula is C14H17N3O. The average molecular weight is 243 g/mol. The van der Waals surface area contributed by atoms with E-state index in [4.69, 9.17) is 10.5 Å². The van der Waals surface area contributed by atoms with E-state index in [0.717, 1.165) is 48.1 Å². The first-order valence-electron chi connectivity index (χ1n) is 6.28. The van der Waals surface area contributed by atoms with Gasteiger partial charge in [-0.25, -0.2) is 4.98 Å². The number of imidazole rings is 1. The topological polar surface area (TPSA) is 53.1 Å². The van der Waals surface area contributed by atoms with Crippen LogP contribution in [0.3, 0.4) is 0 Å². The summed E-state index contributed by atoms with van der Waals surface area (Å²) in [7, 11) is 1.96. The van der Waals surface area contributed by atoms with Gasteiger partial charge in [-0.1, -0.05) is 6.92 Å². The second-order valence-corrected chi connectivity index (χ2v) is 4.60. The summed E-state index contributed by atoms with van der Waals surface area (Å²) in [5.74, 6) is 2.73. The Labute approximate surface area is 106 Å². The zero-order valence-electron chi connectivity index (χ0n) is 10.7. The molecule has 0 bridgehead atoms. The molecular weight excluding hydrogens is 226 g/mol. The highest BCUT2D eigenvalue weighted by molar-refractivity contribution is 5.72. The van der Waals surface area contributed by atoms with Gasteiger partial charge in [0.2, 0.25) is 0 Å². The van der Waals surface area contributed by atoms with Crippen molar-refractivity contribution >= 4 is 5.82 Å². The molecule has 1 aromatic carbocycles. The van der Waals surface area contributed by atoms with E-state index in [-0.39, 0.29) is 0 Å². The Bertz CT molecular complexity index is 601. The van der Waals surface area contributed by atoms with E-state index < -0.39 is 0 Å². The molecule has 1 aliphatic rings. The van der Waals surface area contributed by atoms with Crippen molar-refractivity contribution in [2.24, 2.45) is 7.05 Å².